The summed E-state index contributed by atoms with van der Waals surface area (Å²) < 4.78 is 13.9. The molecule has 0 radical (unpaired) electrons. The smallest absolute Gasteiger partial charge is 0.339 e. The highest BCUT2D eigenvalue weighted by Crippen LogP contribution is 2.47. The molecule has 4 rings (SSSR count). The maximum atomic E-state index is 13.1. The average molecular weight is 421 g/mol. The van der Waals surface area contributed by atoms with E-state index >= 15 is 0 Å². The third kappa shape index (κ3) is 3.72. The second kappa shape index (κ2) is 7.72. The van der Waals surface area contributed by atoms with Gasteiger partial charge in [0.25, 0.3) is 0 Å². The van der Waals surface area contributed by atoms with Crippen molar-refractivity contribution in [1.82, 2.24) is 4.57 Å². The summed E-state index contributed by atoms with van der Waals surface area (Å²) >= 11 is 0. The van der Waals surface area contributed by atoms with Gasteiger partial charge in [-0.15, -0.1) is 0 Å². The molecule has 3 aromatic rings. The molecule has 0 amide bonds. The van der Waals surface area contributed by atoms with Gasteiger partial charge in [0, 0.05) is 37.3 Å². The monoisotopic (exact) mass is 420 g/mol. The van der Waals surface area contributed by atoms with Crippen LogP contribution in [0.1, 0.15) is 43.6 Å². The predicted molar refractivity (Wildman–Crippen MR) is 126 cm³/mol. The van der Waals surface area contributed by atoms with Crippen molar-refractivity contribution in [2.45, 2.75) is 52.9 Å². The third-order valence-corrected chi connectivity index (χ3v) is 6.03. The van der Waals surface area contributed by atoms with E-state index in [4.69, 9.17) is 9.47 Å². The van der Waals surface area contributed by atoms with E-state index < -0.39 is 11.7 Å². The Bertz CT molecular complexity index is 1140. The number of likely N-dealkylation sites (N-methyl/N-ethyl adjacent to an activating group) is 1. The zero-order valence-electron chi connectivity index (χ0n) is 19.6. The molecule has 5 heteroatoms. The molecule has 1 aliphatic heterocycles. The maximum absolute atomic E-state index is 13.1. The van der Waals surface area contributed by atoms with Crippen LogP contribution in [-0.4, -0.2) is 36.8 Å². The minimum Gasteiger partial charge on any atom is -0.467 e. The number of benzene rings is 2. The predicted octanol–water partition coefficient (Wildman–Crippen LogP) is 5.40. The van der Waals surface area contributed by atoms with Crippen molar-refractivity contribution in [1.29, 1.82) is 0 Å². The Morgan fingerprint density at radius 3 is 2.35 bits per heavy atom. The SMILES string of the molecule is COC(=O)[C@@H](OC(C)(C)C)c1c(C)c2c3c(ccn3CCN2C)c1-c1ccc(C)cc1. The van der Waals surface area contributed by atoms with Gasteiger partial charge in [-0.25, -0.2) is 4.79 Å². The molecule has 164 valence electrons. The molecule has 5 nitrogen and oxygen atoms in total. The minimum absolute atomic E-state index is 0.379. The van der Waals surface area contributed by atoms with Crippen molar-refractivity contribution >= 4 is 22.6 Å². The first-order valence-corrected chi connectivity index (χ1v) is 10.8. The van der Waals surface area contributed by atoms with E-state index in [1.54, 1.807) is 0 Å². The van der Waals surface area contributed by atoms with Gasteiger partial charge in [0.15, 0.2) is 6.10 Å². The van der Waals surface area contributed by atoms with Crippen LogP contribution >= 0.6 is 0 Å². The van der Waals surface area contributed by atoms with E-state index in [-0.39, 0.29) is 5.97 Å². The van der Waals surface area contributed by atoms with Crippen molar-refractivity contribution in [3.05, 3.63) is 53.2 Å². The summed E-state index contributed by atoms with van der Waals surface area (Å²) in [4.78, 5) is 15.3. The van der Waals surface area contributed by atoms with Gasteiger partial charge in [-0.3, -0.25) is 0 Å². The summed E-state index contributed by atoms with van der Waals surface area (Å²) in [7, 11) is 3.54. The Morgan fingerprint density at radius 1 is 1.06 bits per heavy atom. The summed E-state index contributed by atoms with van der Waals surface area (Å²) in [6.45, 7) is 11.9. The van der Waals surface area contributed by atoms with E-state index in [2.05, 4.69) is 66.9 Å². The number of aromatic nitrogens is 1. The molecule has 1 aromatic heterocycles. The minimum atomic E-state index is -0.819. The first kappa shape index (κ1) is 21.4. The first-order chi connectivity index (χ1) is 14.6. The zero-order chi connectivity index (χ0) is 22.5. The Labute approximate surface area is 184 Å². The maximum Gasteiger partial charge on any atom is 0.339 e. The van der Waals surface area contributed by atoms with Crippen LogP contribution < -0.4 is 4.90 Å². The molecule has 0 saturated carbocycles. The summed E-state index contributed by atoms with van der Waals surface area (Å²) in [6, 6.07) is 10.7. The molecule has 2 heterocycles. The average Bonchev–Trinajstić information content (AvgIpc) is 3.13. The zero-order valence-corrected chi connectivity index (χ0v) is 19.6. The van der Waals surface area contributed by atoms with E-state index in [0.717, 1.165) is 46.4 Å². The van der Waals surface area contributed by atoms with E-state index in [0.29, 0.717) is 0 Å². The van der Waals surface area contributed by atoms with Crippen molar-refractivity contribution in [2.75, 3.05) is 25.6 Å². The Morgan fingerprint density at radius 2 is 1.74 bits per heavy atom. The number of hydrogen-bond donors (Lipinski definition) is 0. The van der Waals surface area contributed by atoms with Gasteiger partial charge in [-0.1, -0.05) is 29.8 Å². The molecule has 0 saturated heterocycles. The van der Waals surface area contributed by atoms with Gasteiger partial charge in [0.05, 0.1) is 23.9 Å². The number of methoxy groups -OCH3 is 1. The first-order valence-electron chi connectivity index (χ1n) is 10.8. The highest BCUT2D eigenvalue weighted by molar-refractivity contribution is 6.07. The summed E-state index contributed by atoms with van der Waals surface area (Å²) in [5.41, 5.74) is 7.12. The normalized spacial score (nSPS) is 14.7. The Balaban J connectivity index is 2.12. The lowest BCUT2D eigenvalue weighted by Gasteiger charge is -2.34. The van der Waals surface area contributed by atoms with Gasteiger partial charge in [-0.2, -0.15) is 0 Å². The molecule has 1 atom stereocenters. The molecule has 0 bridgehead atoms. The van der Waals surface area contributed by atoms with Crippen molar-refractivity contribution in [3.63, 3.8) is 0 Å². The number of rotatable bonds is 4. The van der Waals surface area contributed by atoms with Crippen LogP contribution in [0.25, 0.3) is 22.0 Å². The third-order valence-electron chi connectivity index (χ3n) is 6.03. The van der Waals surface area contributed by atoms with Crippen molar-refractivity contribution in [2.24, 2.45) is 0 Å². The van der Waals surface area contributed by atoms with Gasteiger partial charge >= 0.3 is 5.97 Å². The highest BCUT2D eigenvalue weighted by atomic mass is 16.6. The quantitative estimate of drug-likeness (QED) is 0.530. The fourth-order valence-corrected chi connectivity index (χ4v) is 4.64. The molecule has 0 unspecified atom stereocenters. The lowest BCUT2D eigenvalue weighted by atomic mass is 9.87. The molecule has 0 spiro atoms. The molecule has 2 aromatic carbocycles. The summed E-state index contributed by atoms with van der Waals surface area (Å²) in [6.07, 6.45) is 1.33. The van der Waals surface area contributed by atoms with E-state index in [9.17, 15) is 4.79 Å². The van der Waals surface area contributed by atoms with Crippen LogP contribution in [0.5, 0.6) is 0 Å². The lowest BCUT2D eigenvalue weighted by Crippen LogP contribution is -2.31. The fourth-order valence-electron chi connectivity index (χ4n) is 4.64. The van der Waals surface area contributed by atoms with Crippen molar-refractivity contribution in [3.8, 4) is 11.1 Å². The van der Waals surface area contributed by atoms with E-state index in [1.165, 1.54) is 18.2 Å². The van der Waals surface area contributed by atoms with Gasteiger partial charge in [0.2, 0.25) is 0 Å². The van der Waals surface area contributed by atoms with Crippen LogP contribution in [0.3, 0.4) is 0 Å². The molecule has 31 heavy (non-hydrogen) atoms. The molecule has 0 N–H and O–H groups in total. The van der Waals surface area contributed by atoms with Crippen LogP contribution in [0, 0.1) is 13.8 Å². The Kier molecular flexibility index (Phi) is 5.34. The Hall–Kier alpha value is -2.79. The number of carbonyl (C=O) groups is 1. The van der Waals surface area contributed by atoms with Crippen LogP contribution in [0.15, 0.2) is 36.5 Å². The topological polar surface area (TPSA) is 43.7 Å². The number of carbonyl (C=O) groups excluding carboxylic acids is 1. The fraction of sp³-hybridized carbons (Fsp3) is 0.423. The highest BCUT2D eigenvalue weighted by Gasteiger charge is 2.35. The standard InChI is InChI=1S/C26H32N2O3/c1-16-8-10-18(11-9-16)21-19-12-13-28-15-14-27(6)22(23(19)28)17(2)20(21)24(25(29)30-7)31-26(3,4)5/h8-13,24H,14-15H2,1-7H3/t24-/m0/s1. The number of ether oxygens (including phenoxy) is 2. The number of esters is 1. The lowest BCUT2D eigenvalue weighted by molar-refractivity contribution is -0.164. The number of anilines is 1. The summed E-state index contributed by atoms with van der Waals surface area (Å²) in [5.74, 6) is -0.379. The van der Waals surface area contributed by atoms with Crippen LogP contribution in [-0.2, 0) is 20.8 Å². The summed E-state index contributed by atoms with van der Waals surface area (Å²) in [5, 5.41) is 1.14. The molecule has 0 fully saturated rings. The molecular weight excluding hydrogens is 388 g/mol. The van der Waals surface area contributed by atoms with E-state index in [1.807, 2.05) is 20.8 Å². The molecule has 1 aliphatic rings. The van der Waals surface area contributed by atoms with Crippen LogP contribution in [0.4, 0.5) is 5.69 Å². The van der Waals surface area contributed by atoms with Gasteiger partial charge in [0.1, 0.15) is 0 Å². The second-order valence-corrected chi connectivity index (χ2v) is 9.45. The second-order valence-electron chi connectivity index (χ2n) is 9.45. The van der Waals surface area contributed by atoms with Gasteiger partial charge < -0.3 is 18.9 Å². The number of aryl methyl sites for hydroxylation is 1. The number of nitrogens with zero attached hydrogens (tertiary/aromatic N) is 2. The molecule has 0 aliphatic carbocycles. The molecular formula is C26H32N2O3. The number of hydrogen-bond acceptors (Lipinski definition) is 4. The van der Waals surface area contributed by atoms with Gasteiger partial charge in [-0.05, 0) is 57.4 Å². The largest absolute Gasteiger partial charge is 0.467 e. The van der Waals surface area contributed by atoms with Crippen LogP contribution in [0.2, 0.25) is 0 Å². The van der Waals surface area contributed by atoms with Crippen molar-refractivity contribution < 1.29 is 14.3 Å².